The number of fused-ring (bicyclic) bond motifs is 3. The first-order valence-corrected chi connectivity index (χ1v) is 11.1. The van der Waals surface area contributed by atoms with Crippen LogP contribution >= 0.6 is 0 Å². The Labute approximate surface area is 177 Å². The molecular weight excluding hydrogens is 376 g/mol. The standard InChI is InChI=1S/C23H30N6O/c1-30-10-2-9-24-13-16-4-7-20(8-5-16)27-23-25-14-19-15-26-29(22(19)28-23)21-12-17-3-6-18(21)11-17/h4-5,7-8,14-15,17-18,21,24H,2-3,6,9-13H2,1H3,(H,25,27,28)/t17-,18+,21+/m1/s1. The summed E-state index contributed by atoms with van der Waals surface area (Å²) in [6, 6.07) is 8.91. The second-order valence-corrected chi connectivity index (χ2v) is 8.65. The molecule has 0 amide bonds. The van der Waals surface area contributed by atoms with Crippen molar-refractivity contribution in [3.8, 4) is 0 Å². The molecule has 158 valence electrons. The molecule has 2 saturated carbocycles. The van der Waals surface area contributed by atoms with E-state index in [1.165, 1.54) is 31.2 Å². The number of nitrogens with zero attached hydrogens (tertiary/aromatic N) is 4. The van der Waals surface area contributed by atoms with Crippen LogP contribution in [0.25, 0.3) is 11.0 Å². The molecule has 2 aromatic heterocycles. The lowest BCUT2D eigenvalue weighted by Crippen LogP contribution is -2.17. The van der Waals surface area contributed by atoms with E-state index >= 15 is 0 Å². The van der Waals surface area contributed by atoms with Crippen LogP contribution in [0.4, 0.5) is 11.6 Å². The molecule has 3 aromatic rings. The number of benzene rings is 1. The van der Waals surface area contributed by atoms with Crippen LogP contribution in [0.1, 0.15) is 43.7 Å². The maximum atomic E-state index is 5.07. The average molecular weight is 407 g/mol. The van der Waals surface area contributed by atoms with Crippen molar-refractivity contribution in [1.82, 2.24) is 25.1 Å². The first kappa shape index (κ1) is 19.5. The summed E-state index contributed by atoms with van der Waals surface area (Å²) in [5.41, 5.74) is 3.19. The third-order valence-electron chi connectivity index (χ3n) is 6.59. The minimum absolute atomic E-state index is 0.500. The van der Waals surface area contributed by atoms with Crippen molar-refractivity contribution in [1.29, 1.82) is 0 Å². The normalized spacial score (nSPS) is 22.8. The van der Waals surface area contributed by atoms with Crippen molar-refractivity contribution in [2.24, 2.45) is 11.8 Å². The summed E-state index contributed by atoms with van der Waals surface area (Å²) in [5.74, 6) is 2.27. The zero-order chi connectivity index (χ0) is 20.3. The largest absolute Gasteiger partial charge is 0.385 e. The van der Waals surface area contributed by atoms with Crippen LogP contribution in [0.3, 0.4) is 0 Å². The highest BCUT2D eigenvalue weighted by Crippen LogP contribution is 2.50. The molecular formula is C23H30N6O. The summed E-state index contributed by atoms with van der Waals surface area (Å²) in [6.07, 6.45) is 10.1. The summed E-state index contributed by atoms with van der Waals surface area (Å²) in [7, 11) is 1.74. The first-order chi connectivity index (χ1) is 14.8. The molecule has 0 aliphatic heterocycles. The molecule has 3 atom stereocenters. The predicted octanol–water partition coefficient (Wildman–Crippen LogP) is 4.06. The predicted molar refractivity (Wildman–Crippen MR) is 118 cm³/mol. The van der Waals surface area contributed by atoms with Crippen LogP contribution in [0.2, 0.25) is 0 Å². The lowest BCUT2D eigenvalue weighted by Gasteiger charge is -2.22. The van der Waals surface area contributed by atoms with E-state index in [-0.39, 0.29) is 0 Å². The molecule has 7 nitrogen and oxygen atoms in total. The molecule has 2 N–H and O–H groups in total. The summed E-state index contributed by atoms with van der Waals surface area (Å²) in [6.45, 7) is 2.61. The van der Waals surface area contributed by atoms with Gasteiger partial charge in [-0.25, -0.2) is 9.67 Å². The van der Waals surface area contributed by atoms with Gasteiger partial charge in [0.2, 0.25) is 5.95 Å². The number of aromatic nitrogens is 4. The van der Waals surface area contributed by atoms with Crippen molar-refractivity contribution in [3.05, 3.63) is 42.2 Å². The fourth-order valence-electron chi connectivity index (χ4n) is 5.06. The number of ether oxygens (including phenoxy) is 1. The monoisotopic (exact) mass is 406 g/mol. The maximum absolute atomic E-state index is 5.07. The Bertz CT molecular complexity index is 985. The molecule has 0 radical (unpaired) electrons. The Morgan fingerprint density at radius 2 is 2.03 bits per heavy atom. The topological polar surface area (TPSA) is 76.9 Å². The SMILES string of the molecule is COCCCNCc1ccc(Nc2ncc3cnn([C@H]4C[C@@H]5CC[C@H]4C5)c3n2)cc1. The smallest absolute Gasteiger partial charge is 0.229 e. The van der Waals surface area contributed by atoms with Gasteiger partial charge >= 0.3 is 0 Å². The van der Waals surface area contributed by atoms with Crippen molar-refractivity contribution in [3.63, 3.8) is 0 Å². The Balaban J connectivity index is 1.25. The number of hydrogen-bond donors (Lipinski definition) is 2. The quantitative estimate of drug-likeness (QED) is 0.522. The lowest BCUT2D eigenvalue weighted by molar-refractivity contribution is 0.194. The van der Waals surface area contributed by atoms with Gasteiger partial charge in [0.15, 0.2) is 5.65 Å². The van der Waals surface area contributed by atoms with Gasteiger partial charge in [0.05, 0.1) is 17.6 Å². The van der Waals surface area contributed by atoms with Gasteiger partial charge in [0, 0.05) is 32.1 Å². The molecule has 2 aliphatic rings. The van der Waals surface area contributed by atoms with E-state index in [1.54, 1.807) is 7.11 Å². The molecule has 30 heavy (non-hydrogen) atoms. The van der Waals surface area contributed by atoms with Gasteiger partial charge in [-0.15, -0.1) is 0 Å². The van der Waals surface area contributed by atoms with E-state index < -0.39 is 0 Å². The Hall–Kier alpha value is -2.51. The van der Waals surface area contributed by atoms with Crippen molar-refractivity contribution >= 4 is 22.7 Å². The number of anilines is 2. The second-order valence-electron chi connectivity index (χ2n) is 8.65. The van der Waals surface area contributed by atoms with Gasteiger partial charge in [-0.1, -0.05) is 18.6 Å². The highest BCUT2D eigenvalue weighted by atomic mass is 16.5. The van der Waals surface area contributed by atoms with E-state index in [0.29, 0.717) is 12.0 Å². The van der Waals surface area contributed by atoms with Gasteiger partial charge < -0.3 is 15.4 Å². The van der Waals surface area contributed by atoms with Crippen molar-refractivity contribution in [2.45, 2.75) is 44.7 Å². The van der Waals surface area contributed by atoms with Crippen molar-refractivity contribution in [2.75, 3.05) is 25.6 Å². The average Bonchev–Trinajstić information content (AvgIpc) is 3.50. The number of nitrogens with one attached hydrogen (secondary N) is 2. The van der Waals surface area contributed by atoms with Crippen LogP contribution in [-0.2, 0) is 11.3 Å². The second kappa shape index (κ2) is 8.70. The van der Waals surface area contributed by atoms with Crippen molar-refractivity contribution < 1.29 is 4.74 Å². The Morgan fingerprint density at radius 3 is 2.80 bits per heavy atom. The zero-order valence-corrected chi connectivity index (χ0v) is 17.6. The number of hydrogen-bond acceptors (Lipinski definition) is 6. The highest BCUT2D eigenvalue weighted by molar-refractivity contribution is 5.75. The zero-order valence-electron chi connectivity index (χ0n) is 17.6. The number of methoxy groups -OCH3 is 1. The Morgan fingerprint density at radius 1 is 1.13 bits per heavy atom. The van der Waals surface area contributed by atoms with E-state index in [9.17, 15) is 0 Å². The molecule has 7 heteroatoms. The van der Waals surface area contributed by atoms with E-state index in [0.717, 1.165) is 54.7 Å². The fraction of sp³-hybridized carbons (Fsp3) is 0.522. The molecule has 5 rings (SSSR count). The van der Waals surface area contributed by atoms with E-state index in [4.69, 9.17) is 9.72 Å². The van der Waals surface area contributed by atoms with Crippen LogP contribution < -0.4 is 10.6 Å². The Kier molecular flexibility index (Phi) is 5.64. The summed E-state index contributed by atoms with van der Waals surface area (Å²) in [4.78, 5) is 9.30. The minimum Gasteiger partial charge on any atom is -0.385 e. The molecule has 2 aliphatic carbocycles. The lowest BCUT2D eigenvalue weighted by atomic mass is 9.95. The molecule has 2 fully saturated rings. The molecule has 0 spiro atoms. The molecule has 0 unspecified atom stereocenters. The maximum Gasteiger partial charge on any atom is 0.229 e. The van der Waals surface area contributed by atoms with Crippen LogP contribution in [-0.4, -0.2) is 40.0 Å². The third kappa shape index (κ3) is 4.04. The van der Waals surface area contributed by atoms with Gasteiger partial charge in [-0.05, 0) is 61.8 Å². The fourth-order valence-corrected chi connectivity index (χ4v) is 5.06. The van der Waals surface area contributed by atoms with Gasteiger partial charge in [-0.2, -0.15) is 10.1 Å². The van der Waals surface area contributed by atoms with E-state index in [1.807, 2.05) is 12.4 Å². The van der Waals surface area contributed by atoms with Crippen LogP contribution in [0.5, 0.6) is 0 Å². The van der Waals surface area contributed by atoms with E-state index in [2.05, 4.69) is 49.7 Å². The molecule has 1 aromatic carbocycles. The van der Waals surface area contributed by atoms with Crippen LogP contribution in [0.15, 0.2) is 36.7 Å². The van der Waals surface area contributed by atoms with Crippen LogP contribution in [0, 0.1) is 11.8 Å². The molecule has 0 saturated heterocycles. The summed E-state index contributed by atoms with van der Waals surface area (Å²) in [5, 5.41) is 12.5. The van der Waals surface area contributed by atoms with Gasteiger partial charge in [0.25, 0.3) is 0 Å². The summed E-state index contributed by atoms with van der Waals surface area (Å²) >= 11 is 0. The molecule has 2 heterocycles. The number of rotatable bonds is 9. The highest BCUT2D eigenvalue weighted by Gasteiger charge is 2.41. The first-order valence-electron chi connectivity index (χ1n) is 11.1. The van der Waals surface area contributed by atoms with Gasteiger partial charge in [-0.3, -0.25) is 0 Å². The third-order valence-corrected chi connectivity index (χ3v) is 6.59. The molecule has 2 bridgehead atoms. The van der Waals surface area contributed by atoms with Gasteiger partial charge in [0.1, 0.15) is 0 Å². The summed E-state index contributed by atoms with van der Waals surface area (Å²) < 4.78 is 7.23. The minimum atomic E-state index is 0.500.